The second kappa shape index (κ2) is 9.91. The first-order chi connectivity index (χ1) is 15.1. The second-order valence-corrected chi connectivity index (χ2v) is 9.53. The molecule has 0 aromatic heterocycles. The minimum Gasteiger partial charge on any atom is -0.271 e. The molecule has 0 unspecified atom stereocenters. The highest BCUT2D eigenvalue weighted by Crippen LogP contribution is 2.38. The smallest absolute Gasteiger partial charge is 0.271 e. The first kappa shape index (κ1) is 24.1. The number of halogens is 4. The van der Waals surface area contributed by atoms with Crippen molar-refractivity contribution in [2.24, 2.45) is 5.10 Å². The maximum Gasteiger partial charge on any atom is 0.417 e. The zero-order valence-corrected chi connectivity index (χ0v) is 18.5. The molecule has 2 aromatic rings. The van der Waals surface area contributed by atoms with Gasteiger partial charge in [-0.25, -0.2) is 13.8 Å². The van der Waals surface area contributed by atoms with Crippen molar-refractivity contribution < 1.29 is 26.4 Å². The molecule has 0 heterocycles. The van der Waals surface area contributed by atoms with Gasteiger partial charge < -0.3 is 0 Å². The summed E-state index contributed by atoms with van der Waals surface area (Å²) in [4.78, 5) is 12.4. The Morgan fingerprint density at radius 2 is 1.72 bits per heavy atom. The minimum atomic E-state index is -4.80. The number of benzene rings is 2. The van der Waals surface area contributed by atoms with Gasteiger partial charge in [0.05, 0.1) is 21.2 Å². The van der Waals surface area contributed by atoms with Crippen molar-refractivity contribution in [3.63, 3.8) is 0 Å². The van der Waals surface area contributed by atoms with Crippen LogP contribution in [0.5, 0.6) is 0 Å². The third kappa shape index (κ3) is 5.80. The van der Waals surface area contributed by atoms with Gasteiger partial charge in [0.1, 0.15) is 6.54 Å². The standard InChI is InChI=1S/C21H21ClF3N3O3S/c22-19-12-11-16(13-18(19)21(23,24)25)28(32(30,31)17-9-5-2-6-10-17)14-20(29)27-26-15-7-3-1-4-8-15/h2,5-6,9-13H,1,3-4,7-8,14H2,(H,27,29). The van der Waals surface area contributed by atoms with Crippen LogP contribution < -0.4 is 9.73 Å². The molecular weight excluding hydrogens is 467 g/mol. The lowest BCUT2D eigenvalue weighted by atomic mass is 9.99. The number of carbonyl (C=O) groups is 1. The fourth-order valence-corrected chi connectivity index (χ4v) is 4.96. The predicted octanol–water partition coefficient (Wildman–Crippen LogP) is 4.99. The van der Waals surface area contributed by atoms with Crippen LogP contribution in [0.2, 0.25) is 5.02 Å². The SMILES string of the molecule is O=C(CN(c1ccc(Cl)c(C(F)(F)F)c1)S(=O)(=O)c1ccccc1)NN=C1CCCCC1. The number of sulfonamides is 1. The maximum absolute atomic E-state index is 13.4. The summed E-state index contributed by atoms with van der Waals surface area (Å²) in [5.41, 5.74) is 1.58. The van der Waals surface area contributed by atoms with E-state index in [1.165, 1.54) is 24.3 Å². The van der Waals surface area contributed by atoms with E-state index in [4.69, 9.17) is 11.6 Å². The van der Waals surface area contributed by atoms with Gasteiger partial charge in [0.2, 0.25) is 0 Å². The summed E-state index contributed by atoms with van der Waals surface area (Å²) in [5, 5.41) is 3.47. The number of nitrogens with zero attached hydrogens (tertiary/aromatic N) is 2. The Bertz CT molecular complexity index is 1100. The zero-order valence-electron chi connectivity index (χ0n) is 16.9. The summed E-state index contributed by atoms with van der Waals surface area (Å²) < 4.78 is 67.1. The van der Waals surface area contributed by atoms with Crippen molar-refractivity contribution >= 4 is 38.9 Å². The van der Waals surface area contributed by atoms with E-state index in [9.17, 15) is 26.4 Å². The van der Waals surface area contributed by atoms with E-state index in [0.717, 1.165) is 49.9 Å². The molecule has 0 spiro atoms. The molecule has 172 valence electrons. The quantitative estimate of drug-likeness (QED) is 0.583. The molecular formula is C21H21ClF3N3O3S. The largest absolute Gasteiger partial charge is 0.417 e. The number of nitrogens with one attached hydrogen (secondary N) is 1. The normalized spacial score (nSPS) is 14.7. The average Bonchev–Trinajstić information content (AvgIpc) is 2.77. The third-order valence-corrected chi connectivity index (χ3v) is 7.05. The van der Waals surface area contributed by atoms with E-state index in [2.05, 4.69) is 10.5 Å². The Labute approximate surface area is 189 Å². The molecule has 1 aliphatic carbocycles. The number of rotatable bonds is 6. The van der Waals surface area contributed by atoms with Crippen LogP contribution in [0.25, 0.3) is 0 Å². The number of hydrazone groups is 1. The zero-order chi connectivity index (χ0) is 23.4. The van der Waals surface area contributed by atoms with Gasteiger partial charge in [-0.05, 0) is 56.0 Å². The highest BCUT2D eigenvalue weighted by Gasteiger charge is 2.35. The van der Waals surface area contributed by atoms with Gasteiger partial charge in [-0.15, -0.1) is 0 Å². The van der Waals surface area contributed by atoms with Gasteiger partial charge >= 0.3 is 6.18 Å². The number of hydrogen-bond donors (Lipinski definition) is 1. The lowest BCUT2D eigenvalue weighted by Gasteiger charge is -2.25. The minimum absolute atomic E-state index is 0.171. The fraction of sp³-hybridized carbons (Fsp3) is 0.333. The van der Waals surface area contributed by atoms with E-state index >= 15 is 0 Å². The van der Waals surface area contributed by atoms with Crippen LogP contribution in [-0.2, 0) is 21.0 Å². The molecule has 1 amide bonds. The number of amides is 1. The molecule has 0 radical (unpaired) electrons. The Balaban J connectivity index is 1.96. The molecule has 0 saturated heterocycles. The van der Waals surface area contributed by atoms with Crippen LogP contribution in [-0.4, -0.2) is 26.6 Å². The lowest BCUT2D eigenvalue weighted by Crippen LogP contribution is -2.40. The molecule has 1 saturated carbocycles. The molecule has 32 heavy (non-hydrogen) atoms. The average molecular weight is 488 g/mol. The maximum atomic E-state index is 13.4. The van der Waals surface area contributed by atoms with Gasteiger partial charge in [0.15, 0.2) is 0 Å². The Morgan fingerprint density at radius 1 is 1.06 bits per heavy atom. The number of anilines is 1. The molecule has 1 N–H and O–H groups in total. The van der Waals surface area contributed by atoms with Crippen LogP contribution in [0.3, 0.4) is 0 Å². The van der Waals surface area contributed by atoms with E-state index in [1.807, 2.05) is 0 Å². The first-order valence-electron chi connectivity index (χ1n) is 9.88. The molecule has 1 fully saturated rings. The molecule has 11 heteroatoms. The Kier molecular flexibility index (Phi) is 7.45. The van der Waals surface area contributed by atoms with Gasteiger partial charge in [0.25, 0.3) is 15.9 Å². The monoisotopic (exact) mass is 487 g/mol. The molecule has 6 nitrogen and oxygen atoms in total. The summed E-state index contributed by atoms with van der Waals surface area (Å²) in [6, 6.07) is 9.83. The summed E-state index contributed by atoms with van der Waals surface area (Å²) in [5.74, 6) is -0.772. The third-order valence-electron chi connectivity index (χ3n) is 4.93. The van der Waals surface area contributed by atoms with Crippen LogP contribution in [0.1, 0.15) is 37.7 Å². The van der Waals surface area contributed by atoms with Crippen molar-refractivity contribution in [1.82, 2.24) is 5.43 Å². The van der Waals surface area contributed by atoms with Crippen LogP contribution in [0, 0.1) is 0 Å². The van der Waals surface area contributed by atoms with Crippen molar-refractivity contribution in [3.8, 4) is 0 Å². The number of carbonyl (C=O) groups excluding carboxylic acids is 1. The molecule has 1 aliphatic rings. The van der Waals surface area contributed by atoms with Crippen LogP contribution in [0.4, 0.5) is 18.9 Å². The topological polar surface area (TPSA) is 78.8 Å². The summed E-state index contributed by atoms with van der Waals surface area (Å²) in [6.45, 7) is -0.757. The Hall–Kier alpha value is -2.59. The fourth-order valence-electron chi connectivity index (χ4n) is 3.30. The van der Waals surface area contributed by atoms with Crippen molar-refractivity contribution in [2.45, 2.75) is 43.2 Å². The lowest BCUT2D eigenvalue weighted by molar-refractivity contribution is -0.137. The van der Waals surface area contributed by atoms with Gasteiger partial charge in [-0.3, -0.25) is 9.10 Å². The number of alkyl halides is 3. The van der Waals surface area contributed by atoms with Crippen molar-refractivity contribution in [2.75, 3.05) is 10.8 Å². The summed E-state index contributed by atoms with van der Waals surface area (Å²) >= 11 is 5.67. The highest BCUT2D eigenvalue weighted by molar-refractivity contribution is 7.92. The summed E-state index contributed by atoms with van der Waals surface area (Å²) in [6.07, 6.45) is -0.349. The number of hydrogen-bond acceptors (Lipinski definition) is 4. The van der Waals surface area contributed by atoms with Crippen LogP contribution >= 0.6 is 11.6 Å². The molecule has 0 aliphatic heterocycles. The van der Waals surface area contributed by atoms with Crippen molar-refractivity contribution in [3.05, 3.63) is 59.1 Å². The molecule has 3 rings (SSSR count). The van der Waals surface area contributed by atoms with E-state index < -0.39 is 39.2 Å². The molecule has 0 bridgehead atoms. The Morgan fingerprint density at radius 3 is 2.34 bits per heavy atom. The molecule has 0 atom stereocenters. The van der Waals surface area contributed by atoms with Crippen molar-refractivity contribution in [1.29, 1.82) is 0 Å². The van der Waals surface area contributed by atoms with Gasteiger partial charge in [-0.1, -0.05) is 36.2 Å². The molecule has 2 aromatic carbocycles. The second-order valence-electron chi connectivity index (χ2n) is 7.26. The van der Waals surface area contributed by atoms with E-state index in [0.29, 0.717) is 10.4 Å². The van der Waals surface area contributed by atoms with Crippen LogP contribution in [0.15, 0.2) is 58.5 Å². The van der Waals surface area contributed by atoms with E-state index in [1.54, 1.807) is 6.07 Å². The van der Waals surface area contributed by atoms with E-state index in [-0.39, 0.29) is 10.6 Å². The first-order valence-corrected chi connectivity index (χ1v) is 11.7. The van der Waals surface area contributed by atoms with Gasteiger partial charge in [-0.2, -0.15) is 18.3 Å². The van der Waals surface area contributed by atoms with Gasteiger partial charge in [0, 0.05) is 5.71 Å². The summed E-state index contributed by atoms with van der Waals surface area (Å²) in [7, 11) is -4.35. The predicted molar refractivity (Wildman–Crippen MR) is 116 cm³/mol. The highest BCUT2D eigenvalue weighted by atomic mass is 35.5.